The van der Waals surface area contributed by atoms with E-state index >= 15 is 0 Å². The van der Waals surface area contributed by atoms with Crippen LogP contribution in [0, 0.1) is 19.3 Å². The van der Waals surface area contributed by atoms with Gasteiger partial charge in [0.05, 0.1) is 5.41 Å². The van der Waals surface area contributed by atoms with Gasteiger partial charge in [0, 0.05) is 18.8 Å². The second-order valence-corrected chi connectivity index (χ2v) is 6.49. The number of carbonyl (C=O) groups is 2. The standard InChI is InChI=1S/C17H24N2O4/c1-4-6-17(16(22)23)7-5-8-19(10-17)15(21)13-9-11(2)12(3)18-14(13)20/h9H,4-8,10H2,1-3H3,(H,18,20)(H,22,23). The first kappa shape index (κ1) is 17.2. The Kier molecular flexibility index (Phi) is 4.92. The number of likely N-dealkylation sites (tertiary alicyclic amines) is 1. The molecule has 23 heavy (non-hydrogen) atoms. The van der Waals surface area contributed by atoms with Crippen molar-refractivity contribution in [2.45, 2.75) is 46.5 Å². The van der Waals surface area contributed by atoms with E-state index in [9.17, 15) is 19.5 Å². The van der Waals surface area contributed by atoms with E-state index in [1.807, 2.05) is 13.8 Å². The van der Waals surface area contributed by atoms with Crippen molar-refractivity contribution in [1.29, 1.82) is 0 Å². The Balaban J connectivity index is 2.31. The summed E-state index contributed by atoms with van der Waals surface area (Å²) >= 11 is 0. The van der Waals surface area contributed by atoms with Crippen LogP contribution in [-0.2, 0) is 4.79 Å². The Morgan fingerprint density at radius 1 is 1.39 bits per heavy atom. The smallest absolute Gasteiger partial charge is 0.311 e. The lowest BCUT2D eigenvalue weighted by molar-refractivity contribution is -0.152. The molecular formula is C17H24N2O4. The number of carboxylic acids is 1. The van der Waals surface area contributed by atoms with Gasteiger partial charge in [-0.15, -0.1) is 0 Å². The summed E-state index contributed by atoms with van der Waals surface area (Å²) in [6, 6.07) is 1.59. The molecular weight excluding hydrogens is 296 g/mol. The molecule has 6 nitrogen and oxygen atoms in total. The summed E-state index contributed by atoms with van der Waals surface area (Å²) in [4.78, 5) is 40.7. The number of carbonyl (C=O) groups excluding carboxylic acids is 1. The number of nitrogens with zero attached hydrogens (tertiary/aromatic N) is 1. The molecule has 1 saturated heterocycles. The Morgan fingerprint density at radius 2 is 2.09 bits per heavy atom. The maximum absolute atomic E-state index is 12.7. The van der Waals surface area contributed by atoms with E-state index in [1.54, 1.807) is 13.0 Å². The van der Waals surface area contributed by atoms with Gasteiger partial charge in [0.1, 0.15) is 5.56 Å². The van der Waals surface area contributed by atoms with E-state index in [0.717, 1.165) is 17.7 Å². The zero-order valence-corrected chi connectivity index (χ0v) is 13.9. The molecule has 126 valence electrons. The van der Waals surface area contributed by atoms with Crippen LogP contribution in [0.4, 0.5) is 0 Å². The second kappa shape index (κ2) is 6.56. The van der Waals surface area contributed by atoms with E-state index in [-0.39, 0.29) is 18.0 Å². The maximum Gasteiger partial charge on any atom is 0.311 e. The predicted octanol–water partition coefficient (Wildman–Crippen LogP) is 2.10. The normalized spacial score (nSPS) is 21.3. The van der Waals surface area contributed by atoms with Crippen molar-refractivity contribution in [1.82, 2.24) is 9.88 Å². The van der Waals surface area contributed by atoms with E-state index < -0.39 is 16.9 Å². The Morgan fingerprint density at radius 3 is 2.70 bits per heavy atom. The fourth-order valence-electron chi connectivity index (χ4n) is 3.32. The monoisotopic (exact) mass is 320 g/mol. The van der Waals surface area contributed by atoms with Crippen LogP contribution in [-0.4, -0.2) is 40.0 Å². The lowest BCUT2D eigenvalue weighted by Crippen LogP contribution is -2.50. The van der Waals surface area contributed by atoms with Gasteiger partial charge in [-0.05, 0) is 44.7 Å². The minimum absolute atomic E-state index is 0.0887. The minimum atomic E-state index is -0.894. The van der Waals surface area contributed by atoms with Crippen molar-refractivity contribution in [2.24, 2.45) is 5.41 Å². The predicted molar refractivity (Wildman–Crippen MR) is 86.7 cm³/mol. The van der Waals surface area contributed by atoms with Crippen molar-refractivity contribution in [3.05, 3.63) is 33.2 Å². The quantitative estimate of drug-likeness (QED) is 0.889. The molecule has 1 aliphatic heterocycles. The molecule has 0 saturated carbocycles. The van der Waals surface area contributed by atoms with Gasteiger partial charge >= 0.3 is 5.97 Å². The molecule has 0 radical (unpaired) electrons. The average Bonchev–Trinajstić information content (AvgIpc) is 2.50. The molecule has 2 N–H and O–H groups in total. The lowest BCUT2D eigenvalue weighted by Gasteiger charge is -2.39. The van der Waals surface area contributed by atoms with Crippen LogP contribution in [0.3, 0.4) is 0 Å². The number of aryl methyl sites for hydroxylation is 2. The summed E-state index contributed by atoms with van der Waals surface area (Å²) in [6.45, 7) is 6.21. The molecule has 2 rings (SSSR count). The van der Waals surface area contributed by atoms with E-state index in [2.05, 4.69) is 4.98 Å². The van der Waals surface area contributed by atoms with Crippen LogP contribution in [0.1, 0.15) is 54.2 Å². The third-order valence-corrected chi connectivity index (χ3v) is 4.77. The first-order valence-corrected chi connectivity index (χ1v) is 8.04. The van der Waals surface area contributed by atoms with Crippen LogP contribution in [0.5, 0.6) is 0 Å². The molecule has 1 unspecified atom stereocenters. The highest BCUT2D eigenvalue weighted by Crippen LogP contribution is 2.35. The van der Waals surface area contributed by atoms with Gasteiger partial charge in [0.15, 0.2) is 0 Å². The summed E-state index contributed by atoms with van der Waals surface area (Å²) < 4.78 is 0. The first-order valence-electron chi connectivity index (χ1n) is 8.04. The zero-order valence-electron chi connectivity index (χ0n) is 13.9. The maximum atomic E-state index is 12.7. The van der Waals surface area contributed by atoms with E-state index in [1.165, 1.54) is 4.90 Å². The van der Waals surface area contributed by atoms with Crippen molar-refractivity contribution in [2.75, 3.05) is 13.1 Å². The van der Waals surface area contributed by atoms with Crippen LogP contribution >= 0.6 is 0 Å². The van der Waals surface area contributed by atoms with Gasteiger partial charge in [0.25, 0.3) is 11.5 Å². The topological polar surface area (TPSA) is 90.5 Å². The van der Waals surface area contributed by atoms with Gasteiger partial charge in [-0.25, -0.2) is 0 Å². The number of hydrogen-bond donors (Lipinski definition) is 2. The van der Waals surface area contributed by atoms with Crippen molar-refractivity contribution in [3.63, 3.8) is 0 Å². The van der Waals surface area contributed by atoms with Gasteiger partial charge in [-0.3, -0.25) is 14.4 Å². The van der Waals surface area contributed by atoms with Crippen molar-refractivity contribution in [3.8, 4) is 0 Å². The number of rotatable bonds is 4. The molecule has 1 aromatic heterocycles. The lowest BCUT2D eigenvalue weighted by atomic mass is 9.76. The molecule has 6 heteroatoms. The summed E-state index contributed by atoms with van der Waals surface area (Å²) in [5.41, 5.74) is 0.347. The minimum Gasteiger partial charge on any atom is -0.481 e. The number of aromatic amines is 1. The molecule has 1 aliphatic rings. The number of carboxylic acid groups (broad SMARTS) is 1. The molecule has 1 aromatic rings. The number of piperidine rings is 1. The average molecular weight is 320 g/mol. The second-order valence-electron chi connectivity index (χ2n) is 6.49. The van der Waals surface area contributed by atoms with Crippen LogP contribution in [0.2, 0.25) is 0 Å². The molecule has 1 fully saturated rings. The highest BCUT2D eigenvalue weighted by Gasteiger charge is 2.43. The van der Waals surface area contributed by atoms with Crippen LogP contribution in [0.25, 0.3) is 0 Å². The fourth-order valence-corrected chi connectivity index (χ4v) is 3.32. The van der Waals surface area contributed by atoms with Gasteiger partial charge in [0.2, 0.25) is 0 Å². The number of nitrogens with one attached hydrogen (secondary N) is 1. The number of amides is 1. The highest BCUT2D eigenvalue weighted by molar-refractivity contribution is 5.94. The van der Waals surface area contributed by atoms with Gasteiger partial charge < -0.3 is 15.0 Å². The Labute approximate surface area is 135 Å². The Hall–Kier alpha value is -2.11. The number of aromatic nitrogens is 1. The third-order valence-electron chi connectivity index (χ3n) is 4.77. The molecule has 1 amide bonds. The summed E-state index contributed by atoms with van der Waals surface area (Å²) in [5.74, 6) is -1.23. The third kappa shape index (κ3) is 3.30. The molecule has 0 spiro atoms. The summed E-state index contributed by atoms with van der Waals surface area (Å²) in [7, 11) is 0. The number of H-pyrrole nitrogens is 1. The molecule has 0 aromatic carbocycles. The van der Waals surface area contributed by atoms with Gasteiger partial charge in [-0.1, -0.05) is 13.3 Å². The van der Waals surface area contributed by atoms with Gasteiger partial charge in [-0.2, -0.15) is 0 Å². The number of aliphatic carboxylic acids is 1. The number of pyridine rings is 1. The van der Waals surface area contributed by atoms with E-state index in [0.29, 0.717) is 25.8 Å². The number of hydrogen-bond acceptors (Lipinski definition) is 3. The van der Waals surface area contributed by atoms with Crippen LogP contribution in [0.15, 0.2) is 10.9 Å². The largest absolute Gasteiger partial charge is 0.481 e. The molecule has 0 aliphatic carbocycles. The van der Waals surface area contributed by atoms with Crippen molar-refractivity contribution < 1.29 is 14.7 Å². The molecule has 1 atom stereocenters. The molecule has 0 bridgehead atoms. The fraction of sp³-hybridized carbons (Fsp3) is 0.588. The SMILES string of the molecule is CCCC1(C(=O)O)CCCN(C(=O)c2cc(C)c(C)[nH]c2=O)C1. The zero-order chi connectivity index (χ0) is 17.2. The first-order chi connectivity index (χ1) is 10.8. The van der Waals surface area contributed by atoms with E-state index in [4.69, 9.17) is 0 Å². The Bertz CT molecular complexity index is 676. The summed E-state index contributed by atoms with van der Waals surface area (Å²) in [5, 5.41) is 9.62. The van der Waals surface area contributed by atoms with Crippen LogP contribution < -0.4 is 5.56 Å². The van der Waals surface area contributed by atoms with Crippen molar-refractivity contribution >= 4 is 11.9 Å². The molecule has 2 heterocycles. The highest BCUT2D eigenvalue weighted by atomic mass is 16.4. The summed E-state index contributed by atoms with van der Waals surface area (Å²) in [6.07, 6.45) is 2.50.